The summed E-state index contributed by atoms with van der Waals surface area (Å²) in [6.07, 6.45) is 1.53. The van der Waals surface area contributed by atoms with Gasteiger partial charge in [0.15, 0.2) is 0 Å². The molecule has 3 aromatic carbocycles. The largest absolute Gasteiger partial charge is 0.488 e. The lowest BCUT2D eigenvalue weighted by Gasteiger charge is -2.14. The van der Waals surface area contributed by atoms with E-state index in [1.807, 2.05) is 43.3 Å². The van der Waals surface area contributed by atoms with Crippen LogP contribution in [-0.2, 0) is 11.4 Å². The van der Waals surface area contributed by atoms with E-state index in [-0.39, 0.29) is 24.0 Å². The molecule has 1 atom stereocenters. The van der Waals surface area contributed by atoms with Gasteiger partial charge < -0.3 is 10.1 Å². The fourth-order valence-electron chi connectivity index (χ4n) is 2.88. The molecule has 0 aliphatic rings. The highest BCUT2D eigenvalue weighted by Gasteiger charge is 2.14. The van der Waals surface area contributed by atoms with Crippen molar-refractivity contribution in [2.24, 2.45) is 0 Å². The van der Waals surface area contributed by atoms with Gasteiger partial charge in [0.2, 0.25) is 0 Å². The maximum atomic E-state index is 13.0. The zero-order chi connectivity index (χ0) is 22.2. The second kappa shape index (κ2) is 10.6. The van der Waals surface area contributed by atoms with E-state index in [2.05, 4.69) is 21.2 Å². The van der Waals surface area contributed by atoms with Crippen molar-refractivity contribution >= 4 is 27.9 Å². The summed E-state index contributed by atoms with van der Waals surface area (Å²) in [7, 11) is 0. The second-order valence-corrected chi connectivity index (χ2v) is 7.73. The van der Waals surface area contributed by atoms with Crippen molar-refractivity contribution in [3.8, 4) is 11.8 Å². The van der Waals surface area contributed by atoms with Gasteiger partial charge >= 0.3 is 0 Å². The number of nitrogens with zero attached hydrogens (tertiary/aromatic N) is 1. The van der Waals surface area contributed by atoms with Crippen molar-refractivity contribution in [1.82, 2.24) is 5.32 Å². The molecule has 0 aliphatic heterocycles. The third-order valence-electron chi connectivity index (χ3n) is 4.59. The first-order valence-corrected chi connectivity index (χ1v) is 10.4. The van der Waals surface area contributed by atoms with E-state index in [1.54, 1.807) is 30.3 Å². The average Bonchev–Trinajstić information content (AvgIpc) is 2.78. The number of nitrogens with one attached hydrogen (secondary N) is 1. The van der Waals surface area contributed by atoms with Crippen LogP contribution in [-0.4, -0.2) is 5.91 Å². The highest BCUT2D eigenvalue weighted by atomic mass is 79.9. The second-order valence-electron chi connectivity index (χ2n) is 6.88. The smallest absolute Gasteiger partial charge is 0.262 e. The van der Waals surface area contributed by atoms with Crippen LogP contribution >= 0.6 is 15.9 Å². The van der Waals surface area contributed by atoms with E-state index < -0.39 is 5.91 Å². The summed E-state index contributed by atoms with van der Waals surface area (Å²) >= 11 is 3.45. The molecule has 1 amide bonds. The lowest BCUT2D eigenvalue weighted by Crippen LogP contribution is -2.27. The van der Waals surface area contributed by atoms with Gasteiger partial charge in [-0.3, -0.25) is 4.79 Å². The van der Waals surface area contributed by atoms with Crippen molar-refractivity contribution in [1.29, 1.82) is 5.26 Å². The van der Waals surface area contributed by atoms with Crippen molar-refractivity contribution < 1.29 is 13.9 Å². The number of rotatable bonds is 7. The van der Waals surface area contributed by atoms with E-state index in [0.29, 0.717) is 15.8 Å². The first-order chi connectivity index (χ1) is 15.0. The highest BCUT2D eigenvalue weighted by Crippen LogP contribution is 2.28. The van der Waals surface area contributed by atoms with E-state index in [1.165, 1.54) is 18.2 Å². The van der Waals surface area contributed by atoms with Gasteiger partial charge in [-0.05, 0) is 69.9 Å². The van der Waals surface area contributed by atoms with Crippen LogP contribution in [0.1, 0.15) is 29.7 Å². The number of hydrogen-bond donors (Lipinski definition) is 1. The highest BCUT2D eigenvalue weighted by molar-refractivity contribution is 9.10. The molecule has 31 heavy (non-hydrogen) atoms. The molecule has 0 aromatic heterocycles. The Morgan fingerprint density at radius 2 is 1.87 bits per heavy atom. The molecule has 0 unspecified atom stereocenters. The molecule has 0 saturated carbocycles. The van der Waals surface area contributed by atoms with Gasteiger partial charge in [-0.2, -0.15) is 5.26 Å². The maximum Gasteiger partial charge on any atom is 0.262 e. The quantitative estimate of drug-likeness (QED) is 0.337. The molecule has 0 heterocycles. The summed E-state index contributed by atoms with van der Waals surface area (Å²) in [5.74, 6) is -0.134. The number of ether oxygens (including phenoxy) is 1. The molecule has 0 bridgehead atoms. The van der Waals surface area contributed by atoms with Crippen LogP contribution in [0.25, 0.3) is 6.08 Å². The lowest BCUT2D eigenvalue weighted by atomic mass is 10.1. The third-order valence-corrected chi connectivity index (χ3v) is 5.21. The number of carbonyl (C=O) groups is 1. The molecule has 0 aliphatic carbocycles. The summed E-state index contributed by atoms with van der Waals surface area (Å²) in [5.41, 5.74) is 2.49. The Balaban J connectivity index is 1.67. The molecular formula is C25H20BrFN2O2. The first-order valence-electron chi connectivity index (χ1n) is 9.60. The minimum Gasteiger partial charge on any atom is -0.488 e. The maximum absolute atomic E-state index is 13.0. The summed E-state index contributed by atoms with van der Waals surface area (Å²) in [5, 5.41) is 12.3. The molecule has 1 N–H and O–H groups in total. The topological polar surface area (TPSA) is 62.1 Å². The summed E-state index contributed by atoms with van der Waals surface area (Å²) < 4.78 is 19.4. The number of carbonyl (C=O) groups excluding carboxylic acids is 1. The van der Waals surface area contributed by atoms with Crippen LogP contribution in [0.4, 0.5) is 4.39 Å². The molecular weight excluding hydrogens is 459 g/mol. The van der Waals surface area contributed by atoms with Crippen LogP contribution in [0.5, 0.6) is 5.75 Å². The summed E-state index contributed by atoms with van der Waals surface area (Å²) in [6, 6.07) is 22.7. The molecule has 6 heteroatoms. The van der Waals surface area contributed by atoms with Crippen molar-refractivity contribution in [2.75, 3.05) is 0 Å². The molecule has 0 spiro atoms. The minimum atomic E-state index is -0.438. The van der Waals surface area contributed by atoms with E-state index >= 15 is 0 Å². The van der Waals surface area contributed by atoms with Crippen LogP contribution in [0.3, 0.4) is 0 Å². The van der Waals surface area contributed by atoms with Gasteiger partial charge in [0.25, 0.3) is 5.91 Å². The number of hydrogen-bond acceptors (Lipinski definition) is 3. The van der Waals surface area contributed by atoms with Crippen LogP contribution in [0, 0.1) is 17.1 Å². The molecule has 4 nitrogen and oxygen atoms in total. The zero-order valence-electron chi connectivity index (χ0n) is 16.8. The summed E-state index contributed by atoms with van der Waals surface area (Å²) in [6.45, 7) is 2.16. The van der Waals surface area contributed by atoms with E-state index in [0.717, 1.165) is 11.1 Å². The number of benzene rings is 3. The van der Waals surface area contributed by atoms with Crippen LogP contribution < -0.4 is 10.1 Å². The molecule has 0 radical (unpaired) electrons. The molecule has 0 saturated heterocycles. The number of amides is 1. The standard InChI is InChI=1S/C25H20BrFN2O2/c1-17(20-5-3-2-4-6-20)29-25(30)21(15-28)13-19-9-12-24(23(26)14-19)31-16-18-7-10-22(27)11-8-18/h2-14,17H,16H2,1H3,(H,29,30)/b21-13+/t17-/m0/s1. The van der Waals surface area contributed by atoms with Gasteiger partial charge in [-0.1, -0.05) is 48.5 Å². The monoisotopic (exact) mass is 478 g/mol. The Morgan fingerprint density at radius 1 is 1.16 bits per heavy atom. The Labute approximate surface area is 189 Å². The Morgan fingerprint density at radius 3 is 2.52 bits per heavy atom. The third kappa shape index (κ3) is 6.27. The first kappa shape index (κ1) is 22.3. The Kier molecular flexibility index (Phi) is 7.58. The van der Waals surface area contributed by atoms with Gasteiger partial charge in [-0.25, -0.2) is 4.39 Å². The lowest BCUT2D eigenvalue weighted by molar-refractivity contribution is -0.117. The van der Waals surface area contributed by atoms with Crippen molar-refractivity contribution in [2.45, 2.75) is 19.6 Å². The SMILES string of the molecule is C[C@H](NC(=O)/C(C#N)=C/c1ccc(OCc2ccc(F)cc2)c(Br)c1)c1ccccc1. The molecule has 0 fully saturated rings. The Bertz CT molecular complexity index is 1120. The predicted molar refractivity (Wildman–Crippen MR) is 121 cm³/mol. The minimum absolute atomic E-state index is 0.00895. The van der Waals surface area contributed by atoms with Gasteiger partial charge in [0.1, 0.15) is 29.8 Å². The number of nitriles is 1. The van der Waals surface area contributed by atoms with Crippen molar-refractivity contribution in [3.05, 3.63) is 105 Å². The van der Waals surface area contributed by atoms with Gasteiger partial charge in [0.05, 0.1) is 10.5 Å². The fourth-order valence-corrected chi connectivity index (χ4v) is 3.39. The van der Waals surface area contributed by atoms with Crippen LogP contribution in [0.15, 0.2) is 82.8 Å². The fraction of sp³-hybridized carbons (Fsp3) is 0.120. The van der Waals surface area contributed by atoms with E-state index in [9.17, 15) is 14.4 Å². The normalized spacial score (nSPS) is 12.0. The number of halogens is 2. The Hall–Kier alpha value is -3.43. The zero-order valence-corrected chi connectivity index (χ0v) is 18.4. The van der Waals surface area contributed by atoms with Crippen LogP contribution in [0.2, 0.25) is 0 Å². The summed E-state index contributed by atoms with van der Waals surface area (Å²) in [4.78, 5) is 12.5. The average molecular weight is 479 g/mol. The molecule has 3 rings (SSSR count). The van der Waals surface area contributed by atoms with Gasteiger partial charge in [0, 0.05) is 0 Å². The molecule has 156 valence electrons. The predicted octanol–water partition coefficient (Wildman–Crippen LogP) is 5.95. The van der Waals surface area contributed by atoms with Crippen molar-refractivity contribution in [3.63, 3.8) is 0 Å². The van der Waals surface area contributed by atoms with Gasteiger partial charge in [-0.15, -0.1) is 0 Å². The van der Waals surface area contributed by atoms with E-state index in [4.69, 9.17) is 4.74 Å². The molecule has 3 aromatic rings.